The van der Waals surface area contributed by atoms with Crippen molar-refractivity contribution in [1.82, 2.24) is 10.3 Å². The number of carbonyl (C=O) groups excluding carboxylic acids is 1. The van der Waals surface area contributed by atoms with E-state index in [0.29, 0.717) is 22.2 Å². The molecule has 0 spiro atoms. The van der Waals surface area contributed by atoms with E-state index in [1.807, 2.05) is 36.4 Å². The summed E-state index contributed by atoms with van der Waals surface area (Å²) < 4.78 is 5.12. The van der Waals surface area contributed by atoms with Crippen LogP contribution in [0.1, 0.15) is 11.1 Å². The Bertz CT molecular complexity index is 1030. The first-order valence-electron chi connectivity index (χ1n) is 8.78. The van der Waals surface area contributed by atoms with Gasteiger partial charge in [-0.1, -0.05) is 47.6 Å². The Hall–Kier alpha value is -3.01. The summed E-state index contributed by atoms with van der Waals surface area (Å²) >= 11 is 7.17. The molecule has 0 radical (unpaired) electrons. The first kappa shape index (κ1) is 20.7. The van der Waals surface area contributed by atoms with Gasteiger partial charge in [0.2, 0.25) is 5.91 Å². The molecule has 5 nitrogen and oxygen atoms in total. The van der Waals surface area contributed by atoms with Gasteiger partial charge in [-0.2, -0.15) is 5.26 Å². The summed E-state index contributed by atoms with van der Waals surface area (Å²) in [6.45, 7) is 0.423. The zero-order valence-corrected chi connectivity index (χ0v) is 17.3. The van der Waals surface area contributed by atoms with Gasteiger partial charge in [0.05, 0.1) is 24.1 Å². The molecule has 1 N–H and O–H groups in total. The summed E-state index contributed by atoms with van der Waals surface area (Å²) in [7, 11) is 1.61. The molecule has 0 fully saturated rings. The number of thioether (sulfide) groups is 1. The highest BCUT2D eigenvalue weighted by Gasteiger charge is 2.11. The number of aromatic nitrogens is 1. The van der Waals surface area contributed by atoms with Crippen molar-refractivity contribution in [3.63, 3.8) is 0 Å². The lowest BCUT2D eigenvalue weighted by molar-refractivity contribution is -0.118. The Balaban J connectivity index is 1.62. The zero-order chi connectivity index (χ0) is 20.6. The summed E-state index contributed by atoms with van der Waals surface area (Å²) in [6.07, 6.45) is 0. The number of hydrogen-bond acceptors (Lipinski definition) is 5. The van der Waals surface area contributed by atoms with Crippen LogP contribution in [0, 0.1) is 11.3 Å². The van der Waals surface area contributed by atoms with E-state index in [0.717, 1.165) is 22.6 Å². The number of pyridine rings is 1. The molecule has 0 aliphatic carbocycles. The summed E-state index contributed by atoms with van der Waals surface area (Å²) in [4.78, 5) is 16.8. The maximum atomic E-state index is 12.2. The molecule has 0 saturated heterocycles. The third-order valence-corrected chi connectivity index (χ3v) is 5.35. The van der Waals surface area contributed by atoms with Crippen molar-refractivity contribution in [2.24, 2.45) is 0 Å². The number of methoxy groups -OCH3 is 1. The fourth-order valence-electron chi connectivity index (χ4n) is 2.55. The van der Waals surface area contributed by atoms with Crippen LogP contribution in [-0.2, 0) is 11.3 Å². The van der Waals surface area contributed by atoms with E-state index in [4.69, 9.17) is 16.3 Å². The van der Waals surface area contributed by atoms with E-state index in [9.17, 15) is 10.1 Å². The van der Waals surface area contributed by atoms with Gasteiger partial charge in [-0.05, 0) is 42.0 Å². The second-order valence-electron chi connectivity index (χ2n) is 6.08. The van der Waals surface area contributed by atoms with Gasteiger partial charge >= 0.3 is 0 Å². The van der Waals surface area contributed by atoms with E-state index < -0.39 is 0 Å². The van der Waals surface area contributed by atoms with Crippen LogP contribution in [0.4, 0.5) is 0 Å². The Morgan fingerprint density at radius 2 is 1.86 bits per heavy atom. The van der Waals surface area contributed by atoms with Crippen molar-refractivity contribution >= 4 is 29.3 Å². The lowest BCUT2D eigenvalue weighted by atomic mass is 10.1. The molecule has 0 bridgehead atoms. The second kappa shape index (κ2) is 9.97. The molecule has 1 aromatic heterocycles. The van der Waals surface area contributed by atoms with E-state index in [-0.39, 0.29) is 11.7 Å². The zero-order valence-electron chi connectivity index (χ0n) is 15.7. The van der Waals surface area contributed by atoms with Gasteiger partial charge in [0, 0.05) is 17.1 Å². The molecule has 0 aliphatic rings. The summed E-state index contributed by atoms with van der Waals surface area (Å²) in [5, 5.41) is 13.4. The molecular weight excluding hydrogens is 406 g/mol. The molecule has 7 heteroatoms. The Kier molecular flexibility index (Phi) is 7.12. The van der Waals surface area contributed by atoms with Crippen molar-refractivity contribution < 1.29 is 9.53 Å². The van der Waals surface area contributed by atoms with Crippen molar-refractivity contribution in [2.75, 3.05) is 12.9 Å². The number of benzene rings is 2. The molecule has 1 amide bonds. The quantitative estimate of drug-likeness (QED) is 0.558. The lowest BCUT2D eigenvalue weighted by Crippen LogP contribution is -2.24. The van der Waals surface area contributed by atoms with E-state index in [2.05, 4.69) is 16.4 Å². The lowest BCUT2D eigenvalue weighted by Gasteiger charge is -2.08. The molecule has 0 saturated carbocycles. The summed E-state index contributed by atoms with van der Waals surface area (Å²) in [5.41, 5.74) is 3.03. The minimum atomic E-state index is -0.131. The molecule has 2 aromatic carbocycles. The third-order valence-electron chi connectivity index (χ3n) is 4.11. The fraction of sp³-hybridized carbons (Fsp3) is 0.136. The van der Waals surface area contributed by atoms with E-state index in [1.165, 1.54) is 11.8 Å². The van der Waals surface area contributed by atoms with Gasteiger partial charge in [-0.25, -0.2) is 4.98 Å². The van der Waals surface area contributed by atoms with Crippen LogP contribution in [0.3, 0.4) is 0 Å². The van der Waals surface area contributed by atoms with E-state index >= 15 is 0 Å². The number of halogens is 1. The SMILES string of the molecule is COc1ccc(CNC(=O)CSc2nc(-c3ccc(Cl)cc3)ccc2C#N)cc1. The van der Waals surface area contributed by atoms with Crippen LogP contribution in [0.5, 0.6) is 5.75 Å². The van der Waals surface area contributed by atoms with Crippen molar-refractivity contribution in [3.05, 3.63) is 76.8 Å². The van der Waals surface area contributed by atoms with Crippen molar-refractivity contribution in [3.8, 4) is 23.1 Å². The predicted octanol–water partition coefficient (Wildman–Crippen LogP) is 4.69. The van der Waals surface area contributed by atoms with Gasteiger partial charge < -0.3 is 10.1 Å². The maximum Gasteiger partial charge on any atom is 0.230 e. The number of nitrogens with zero attached hydrogens (tertiary/aromatic N) is 2. The molecule has 146 valence electrons. The number of ether oxygens (including phenoxy) is 1. The number of amides is 1. The minimum absolute atomic E-state index is 0.131. The van der Waals surface area contributed by atoms with Crippen LogP contribution >= 0.6 is 23.4 Å². The standard InChI is InChI=1S/C22H18ClN3O2S/c1-28-19-9-2-15(3-10-19)13-25-21(27)14-29-22-17(12-24)6-11-20(26-22)16-4-7-18(23)8-5-16/h2-11H,13-14H2,1H3,(H,25,27). The van der Waals surface area contributed by atoms with Crippen molar-refractivity contribution in [1.29, 1.82) is 5.26 Å². The molecule has 0 unspecified atom stereocenters. The maximum absolute atomic E-state index is 12.2. The number of hydrogen-bond donors (Lipinski definition) is 1. The van der Waals surface area contributed by atoms with Crippen LogP contribution in [-0.4, -0.2) is 23.8 Å². The highest BCUT2D eigenvalue weighted by molar-refractivity contribution is 8.00. The van der Waals surface area contributed by atoms with Gasteiger partial charge in [0.1, 0.15) is 16.8 Å². The normalized spacial score (nSPS) is 10.2. The second-order valence-corrected chi connectivity index (χ2v) is 7.48. The molecule has 3 rings (SSSR count). The average molecular weight is 424 g/mol. The molecule has 0 atom stereocenters. The van der Waals surface area contributed by atoms with Crippen LogP contribution in [0.2, 0.25) is 5.02 Å². The molecular formula is C22H18ClN3O2S. The summed E-state index contributed by atoms with van der Waals surface area (Å²) in [5.74, 6) is 0.807. The Labute approximate surface area is 178 Å². The van der Waals surface area contributed by atoms with E-state index in [1.54, 1.807) is 31.4 Å². The first-order valence-corrected chi connectivity index (χ1v) is 10.1. The average Bonchev–Trinajstić information content (AvgIpc) is 2.77. The molecule has 0 aliphatic heterocycles. The monoisotopic (exact) mass is 423 g/mol. The molecule has 29 heavy (non-hydrogen) atoms. The van der Waals surface area contributed by atoms with Gasteiger partial charge in [0.15, 0.2) is 0 Å². The summed E-state index contributed by atoms with van der Waals surface area (Å²) in [6, 6.07) is 20.4. The Morgan fingerprint density at radius 1 is 1.14 bits per heavy atom. The number of nitriles is 1. The van der Waals surface area contributed by atoms with Gasteiger partial charge in [0.25, 0.3) is 0 Å². The predicted molar refractivity (Wildman–Crippen MR) is 115 cm³/mol. The Morgan fingerprint density at radius 3 is 2.52 bits per heavy atom. The van der Waals surface area contributed by atoms with Crippen LogP contribution in [0.25, 0.3) is 11.3 Å². The number of nitrogens with one attached hydrogen (secondary N) is 1. The smallest absolute Gasteiger partial charge is 0.230 e. The fourth-order valence-corrected chi connectivity index (χ4v) is 3.47. The topological polar surface area (TPSA) is 75.0 Å². The minimum Gasteiger partial charge on any atom is -0.497 e. The van der Waals surface area contributed by atoms with Crippen molar-refractivity contribution in [2.45, 2.75) is 11.6 Å². The largest absolute Gasteiger partial charge is 0.497 e. The number of carbonyl (C=O) groups is 1. The first-order chi connectivity index (χ1) is 14.1. The number of rotatable bonds is 7. The van der Waals surface area contributed by atoms with Crippen LogP contribution in [0.15, 0.2) is 65.7 Å². The van der Waals surface area contributed by atoms with Gasteiger partial charge in [-0.15, -0.1) is 0 Å². The third kappa shape index (κ3) is 5.74. The van der Waals surface area contributed by atoms with Crippen LogP contribution < -0.4 is 10.1 Å². The molecule has 1 heterocycles. The van der Waals surface area contributed by atoms with Gasteiger partial charge in [-0.3, -0.25) is 4.79 Å². The molecule has 3 aromatic rings. The highest BCUT2D eigenvalue weighted by Crippen LogP contribution is 2.26. The highest BCUT2D eigenvalue weighted by atomic mass is 35.5.